The van der Waals surface area contributed by atoms with Crippen molar-refractivity contribution in [3.05, 3.63) is 71.8 Å². The average molecular weight is 389 g/mol. The van der Waals surface area contributed by atoms with E-state index >= 15 is 0 Å². The van der Waals surface area contributed by atoms with Crippen LogP contribution in [-0.4, -0.2) is 41.6 Å². The lowest BCUT2D eigenvalue weighted by Gasteiger charge is -2.23. The van der Waals surface area contributed by atoms with Crippen LogP contribution in [0.1, 0.15) is 27.6 Å². The highest BCUT2D eigenvalue weighted by Gasteiger charge is 2.56. The molecule has 1 fully saturated rings. The van der Waals surface area contributed by atoms with Gasteiger partial charge in [-0.15, -0.1) is 11.6 Å². The fraction of sp³-hybridized carbons (Fsp3) is 0.250. The summed E-state index contributed by atoms with van der Waals surface area (Å²) in [7, 11) is 0. The predicted octanol–water partition coefficient (Wildman–Crippen LogP) is 2.99. The second kappa shape index (κ2) is 7.80. The van der Waals surface area contributed by atoms with E-state index < -0.39 is 35.0 Å². The Kier molecular flexibility index (Phi) is 5.46. The Morgan fingerprint density at radius 3 is 2.07 bits per heavy atom. The maximum Gasteiger partial charge on any atom is 0.338 e. The second-order valence-corrected chi connectivity index (χ2v) is 6.96. The van der Waals surface area contributed by atoms with Gasteiger partial charge in [0, 0.05) is 0 Å². The molecule has 0 aliphatic carbocycles. The first-order chi connectivity index (χ1) is 12.9. The summed E-state index contributed by atoms with van der Waals surface area (Å²) in [6.07, 6.45) is -2.11. The topological polar surface area (TPSA) is 78.9 Å². The first-order valence-electron chi connectivity index (χ1n) is 8.28. The molecule has 7 heteroatoms. The third-order valence-electron chi connectivity index (χ3n) is 4.16. The third kappa shape index (κ3) is 4.11. The third-order valence-corrected chi connectivity index (χ3v) is 4.53. The minimum absolute atomic E-state index is 0.283. The molecule has 6 nitrogen and oxygen atoms in total. The van der Waals surface area contributed by atoms with E-state index in [2.05, 4.69) is 0 Å². The number of hydrogen-bond acceptors (Lipinski definition) is 6. The van der Waals surface area contributed by atoms with Gasteiger partial charge in [0.2, 0.25) is 0 Å². The van der Waals surface area contributed by atoms with Crippen molar-refractivity contribution in [2.45, 2.75) is 24.0 Å². The molecule has 0 N–H and O–H groups in total. The number of rotatable bonds is 5. The highest BCUT2D eigenvalue weighted by molar-refractivity contribution is 6.35. The van der Waals surface area contributed by atoms with Crippen LogP contribution >= 0.6 is 11.6 Å². The number of hydrogen-bond donors (Lipinski definition) is 0. The van der Waals surface area contributed by atoms with Crippen LogP contribution in [0.5, 0.6) is 0 Å². The van der Waals surface area contributed by atoms with Crippen molar-refractivity contribution in [3.8, 4) is 0 Å². The van der Waals surface area contributed by atoms with Crippen molar-refractivity contribution in [1.82, 2.24) is 0 Å². The van der Waals surface area contributed by atoms with Crippen LogP contribution in [0.2, 0.25) is 0 Å². The summed E-state index contributed by atoms with van der Waals surface area (Å²) in [5.74, 6) is -1.97. The number of ether oxygens (including phenoxy) is 3. The molecule has 0 aromatic heterocycles. The highest BCUT2D eigenvalue weighted by Crippen LogP contribution is 2.35. The molecular weight excluding hydrogens is 372 g/mol. The van der Waals surface area contributed by atoms with Crippen LogP contribution < -0.4 is 0 Å². The lowest BCUT2D eigenvalue weighted by atomic mass is 10.0. The van der Waals surface area contributed by atoms with Gasteiger partial charge >= 0.3 is 17.9 Å². The molecule has 0 radical (unpaired) electrons. The van der Waals surface area contributed by atoms with Crippen molar-refractivity contribution in [2.75, 3.05) is 6.61 Å². The largest absolute Gasteiger partial charge is 0.458 e. The molecule has 0 saturated carbocycles. The van der Waals surface area contributed by atoms with Crippen molar-refractivity contribution >= 4 is 29.5 Å². The molecule has 2 aromatic rings. The van der Waals surface area contributed by atoms with Crippen LogP contribution in [0, 0.1) is 0 Å². The van der Waals surface area contributed by atoms with Gasteiger partial charge in [-0.1, -0.05) is 36.4 Å². The summed E-state index contributed by atoms with van der Waals surface area (Å²) in [5, 5.41) is 0. The molecule has 1 heterocycles. The predicted molar refractivity (Wildman–Crippen MR) is 96.5 cm³/mol. The number of benzene rings is 2. The monoisotopic (exact) mass is 388 g/mol. The van der Waals surface area contributed by atoms with Gasteiger partial charge in [-0.05, 0) is 31.2 Å². The van der Waals surface area contributed by atoms with E-state index in [1.54, 1.807) is 60.7 Å². The summed E-state index contributed by atoms with van der Waals surface area (Å²) in [4.78, 5) is 34.9. The second-order valence-electron chi connectivity index (χ2n) is 6.18. The molecule has 3 atom stereocenters. The van der Waals surface area contributed by atoms with Crippen LogP contribution in [0.3, 0.4) is 0 Å². The zero-order chi connectivity index (χ0) is 19.4. The van der Waals surface area contributed by atoms with Crippen LogP contribution in [0.15, 0.2) is 60.7 Å². The Morgan fingerprint density at radius 2 is 1.52 bits per heavy atom. The molecule has 2 aromatic carbocycles. The standard InChI is InChI=1S/C20H17ClO6/c1-20(21)16(27-18(23)14-10-6-3-7-11-14)15(26-19(20)24)12-25-17(22)13-8-4-2-5-9-13/h2-11,15-16H,12H2,1H3/t15-,16-,20+/m1/s1. The van der Waals surface area contributed by atoms with E-state index in [1.807, 2.05) is 0 Å². The lowest BCUT2D eigenvalue weighted by Crippen LogP contribution is -2.43. The zero-order valence-electron chi connectivity index (χ0n) is 14.5. The first kappa shape index (κ1) is 18.9. The number of cyclic esters (lactones) is 1. The van der Waals surface area contributed by atoms with Gasteiger partial charge in [0.1, 0.15) is 6.61 Å². The molecule has 0 unspecified atom stereocenters. The summed E-state index contributed by atoms with van der Waals surface area (Å²) in [5.41, 5.74) is 0.664. The zero-order valence-corrected chi connectivity index (χ0v) is 15.2. The van der Waals surface area contributed by atoms with Gasteiger partial charge in [-0.2, -0.15) is 0 Å². The molecule has 1 saturated heterocycles. The van der Waals surface area contributed by atoms with Crippen molar-refractivity contribution in [1.29, 1.82) is 0 Å². The summed E-state index contributed by atoms with van der Waals surface area (Å²) >= 11 is 6.25. The Balaban J connectivity index is 1.70. The fourth-order valence-electron chi connectivity index (χ4n) is 2.66. The van der Waals surface area contributed by atoms with Gasteiger partial charge < -0.3 is 14.2 Å². The Hall–Kier alpha value is -2.86. The number of carbonyl (C=O) groups excluding carboxylic acids is 3. The minimum atomic E-state index is -1.58. The van der Waals surface area contributed by atoms with Crippen LogP contribution in [0.25, 0.3) is 0 Å². The first-order valence-corrected chi connectivity index (χ1v) is 8.65. The highest BCUT2D eigenvalue weighted by atomic mass is 35.5. The number of carbonyl (C=O) groups is 3. The smallest absolute Gasteiger partial charge is 0.338 e. The average Bonchev–Trinajstić information content (AvgIpc) is 2.90. The molecule has 0 spiro atoms. The normalized spacial score (nSPS) is 24.1. The summed E-state index contributed by atoms with van der Waals surface area (Å²) in [6, 6.07) is 16.7. The number of esters is 3. The molecular formula is C20H17ClO6. The summed E-state index contributed by atoms with van der Waals surface area (Å²) in [6.45, 7) is 1.12. The van der Waals surface area contributed by atoms with E-state index in [4.69, 9.17) is 25.8 Å². The van der Waals surface area contributed by atoms with E-state index in [0.717, 1.165) is 0 Å². The van der Waals surface area contributed by atoms with Gasteiger partial charge in [0.05, 0.1) is 11.1 Å². The van der Waals surface area contributed by atoms with E-state index in [1.165, 1.54) is 6.92 Å². The minimum Gasteiger partial charge on any atom is -0.458 e. The van der Waals surface area contributed by atoms with Gasteiger partial charge in [0.15, 0.2) is 17.1 Å². The molecule has 27 heavy (non-hydrogen) atoms. The van der Waals surface area contributed by atoms with Gasteiger partial charge in [0.25, 0.3) is 0 Å². The van der Waals surface area contributed by atoms with Gasteiger partial charge in [-0.25, -0.2) is 14.4 Å². The van der Waals surface area contributed by atoms with Crippen LogP contribution in [-0.2, 0) is 19.0 Å². The van der Waals surface area contributed by atoms with Gasteiger partial charge in [-0.3, -0.25) is 0 Å². The van der Waals surface area contributed by atoms with E-state index in [9.17, 15) is 14.4 Å². The van der Waals surface area contributed by atoms with Crippen molar-refractivity contribution < 1.29 is 28.6 Å². The quantitative estimate of drug-likeness (QED) is 0.445. The lowest BCUT2D eigenvalue weighted by molar-refractivity contribution is -0.144. The summed E-state index contributed by atoms with van der Waals surface area (Å²) < 4.78 is 15.8. The molecule has 3 rings (SSSR count). The molecule has 0 bridgehead atoms. The SMILES string of the molecule is C[C@@]1(Cl)C(=O)O[C@H](COC(=O)c2ccccc2)[C@H]1OC(=O)c1ccccc1. The fourth-order valence-corrected chi connectivity index (χ4v) is 2.89. The maximum atomic E-state index is 12.3. The maximum absolute atomic E-state index is 12.3. The molecule has 1 aliphatic rings. The number of alkyl halides is 1. The van der Waals surface area contributed by atoms with Crippen molar-refractivity contribution in [3.63, 3.8) is 0 Å². The Labute approximate surface area is 161 Å². The molecule has 140 valence electrons. The number of halogens is 1. The Morgan fingerprint density at radius 1 is 1.00 bits per heavy atom. The van der Waals surface area contributed by atoms with E-state index in [0.29, 0.717) is 11.1 Å². The van der Waals surface area contributed by atoms with Crippen LogP contribution in [0.4, 0.5) is 0 Å². The molecule has 1 aliphatic heterocycles. The Bertz CT molecular complexity index is 834. The van der Waals surface area contributed by atoms with Crippen molar-refractivity contribution in [2.24, 2.45) is 0 Å². The molecule has 0 amide bonds. The van der Waals surface area contributed by atoms with E-state index in [-0.39, 0.29) is 6.61 Å².